The molecule has 0 saturated carbocycles. The summed E-state index contributed by atoms with van der Waals surface area (Å²) in [6.45, 7) is 4.40. The lowest BCUT2D eigenvalue weighted by atomic mass is 10.3. The Morgan fingerprint density at radius 3 is 2.67 bits per heavy atom. The monoisotopic (exact) mass is 247 g/mol. The number of aromatic nitrogens is 4. The number of imidazole rings is 1. The highest BCUT2D eigenvalue weighted by Crippen LogP contribution is 2.06. The summed E-state index contributed by atoms with van der Waals surface area (Å²) in [6, 6.07) is 0.0979. The highest BCUT2D eigenvalue weighted by Gasteiger charge is 2.12. The van der Waals surface area contributed by atoms with Crippen LogP contribution in [0.5, 0.6) is 0 Å². The summed E-state index contributed by atoms with van der Waals surface area (Å²) >= 11 is 0. The van der Waals surface area contributed by atoms with Crippen LogP contribution in [0.15, 0.2) is 29.6 Å². The molecule has 0 radical (unpaired) electrons. The molecule has 0 amide bonds. The Labute approximate surface area is 105 Å². The summed E-state index contributed by atoms with van der Waals surface area (Å²) in [4.78, 5) is 20.6. The second kappa shape index (κ2) is 5.14. The van der Waals surface area contributed by atoms with E-state index in [0.29, 0.717) is 18.8 Å². The van der Waals surface area contributed by atoms with Gasteiger partial charge in [-0.15, -0.1) is 0 Å². The molecule has 0 aliphatic carbocycles. The van der Waals surface area contributed by atoms with Gasteiger partial charge in [0.25, 0.3) is 5.56 Å². The highest BCUT2D eigenvalue weighted by molar-refractivity contribution is 5.21. The van der Waals surface area contributed by atoms with Crippen molar-refractivity contribution in [2.75, 3.05) is 6.54 Å². The molecule has 2 N–H and O–H groups in total. The van der Waals surface area contributed by atoms with Gasteiger partial charge >= 0.3 is 0 Å². The molecule has 0 bridgehead atoms. The van der Waals surface area contributed by atoms with Crippen LogP contribution in [0.25, 0.3) is 5.82 Å². The number of hydrogen-bond acceptors (Lipinski definition) is 4. The molecule has 18 heavy (non-hydrogen) atoms. The smallest absolute Gasteiger partial charge is 0.294 e. The summed E-state index contributed by atoms with van der Waals surface area (Å²) in [5.74, 6) is 1.12. The van der Waals surface area contributed by atoms with Crippen molar-refractivity contribution in [2.24, 2.45) is 5.73 Å². The maximum atomic E-state index is 12.3. The van der Waals surface area contributed by atoms with Crippen LogP contribution in [0.2, 0.25) is 0 Å². The largest absolute Gasteiger partial charge is 0.330 e. The van der Waals surface area contributed by atoms with Crippen LogP contribution in [0.3, 0.4) is 0 Å². The maximum absolute atomic E-state index is 12.3. The number of hydrogen-bond donors (Lipinski definition) is 1. The van der Waals surface area contributed by atoms with Gasteiger partial charge in [0.05, 0.1) is 0 Å². The van der Waals surface area contributed by atoms with Crippen LogP contribution in [-0.4, -0.2) is 25.6 Å². The minimum absolute atomic E-state index is 0.0979. The standard InChI is InChI=1S/C12H17N5O/c1-9(2)16-7-6-15-11(12(16)18)17-8-5-14-10(17)3-4-13/h5-9H,3-4,13H2,1-2H3. The van der Waals surface area contributed by atoms with Gasteiger partial charge in [-0.05, 0) is 20.4 Å². The molecule has 0 atom stereocenters. The van der Waals surface area contributed by atoms with Crippen LogP contribution in [0.4, 0.5) is 0 Å². The molecule has 6 heteroatoms. The fraction of sp³-hybridized carbons (Fsp3) is 0.417. The molecule has 2 rings (SSSR count). The molecule has 0 saturated heterocycles. The molecule has 0 aliphatic heterocycles. The summed E-state index contributed by atoms with van der Waals surface area (Å²) in [7, 11) is 0. The molecule has 2 aromatic heterocycles. The molecule has 0 unspecified atom stereocenters. The van der Waals surface area contributed by atoms with Crippen LogP contribution in [0, 0.1) is 0 Å². The Kier molecular flexibility index (Phi) is 3.57. The summed E-state index contributed by atoms with van der Waals surface area (Å²) in [5, 5.41) is 0. The molecule has 6 nitrogen and oxygen atoms in total. The predicted octanol–water partition coefficient (Wildman–Crippen LogP) is 0.511. The molecule has 0 fully saturated rings. The molecule has 2 heterocycles. The molecule has 0 aromatic carbocycles. The van der Waals surface area contributed by atoms with Crippen molar-refractivity contribution < 1.29 is 0 Å². The van der Waals surface area contributed by atoms with Gasteiger partial charge in [-0.25, -0.2) is 9.97 Å². The number of rotatable bonds is 4. The van der Waals surface area contributed by atoms with Crippen molar-refractivity contribution in [1.82, 2.24) is 19.1 Å². The third kappa shape index (κ3) is 2.19. The maximum Gasteiger partial charge on any atom is 0.294 e. The van der Waals surface area contributed by atoms with Gasteiger partial charge in [-0.1, -0.05) is 0 Å². The molecule has 2 aromatic rings. The average molecular weight is 247 g/mol. The third-order valence-corrected chi connectivity index (χ3v) is 2.72. The van der Waals surface area contributed by atoms with Gasteiger partial charge in [0.1, 0.15) is 5.82 Å². The van der Waals surface area contributed by atoms with Crippen molar-refractivity contribution in [3.8, 4) is 5.82 Å². The predicted molar refractivity (Wildman–Crippen MR) is 68.8 cm³/mol. The van der Waals surface area contributed by atoms with Gasteiger partial charge < -0.3 is 10.3 Å². The second-order valence-electron chi connectivity index (χ2n) is 4.31. The van der Waals surface area contributed by atoms with E-state index < -0.39 is 0 Å². The van der Waals surface area contributed by atoms with Gasteiger partial charge in [0.15, 0.2) is 0 Å². The van der Waals surface area contributed by atoms with Gasteiger partial charge in [-0.2, -0.15) is 0 Å². The summed E-state index contributed by atoms with van der Waals surface area (Å²) < 4.78 is 3.35. The van der Waals surface area contributed by atoms with E-state index in [1.807, 2.05) is 13.8 Å². The van der Waals surface area contributed by atoms with E-state index >= 15 is 0 Å². The zero-order valence-electron chi connectivity index (χ0n) is 10.6. The van der Waals surface area contributed by atoms with E-state index in [-0.39, 0.29) is 11.6 Å². The third-order valence-electron chi connectivity index (χ3n) is 2.72. The SMILES string of the molecule is CC(C)n1ccnc(-n2ccnc2CCN)c1=O. The Hall–Kier alpha value is -1.95. The normalized spacial score (nSPS) is 11.1. The first-order chi connectivity index (χ1) is 8.65. The van der Waals surface area contributed by atoms with E-state index in [1.54, 1.807) is 33.9 Å². The lowest BCUT2D eigenvalue weighted by Crippen LogP contribution is -2.27. The second-order valence-corrected chi connectivity index (χ2v) is 4.31. The quantitative estimate of drug-likeness (QED) is 0.853. The van der Waals surface area contributed by atoms with Crippen LogP contribution in [0.1, 0.15) is 25.7 Å². The Morgan fingerprint density at radius 2 is 2.00 bits per heavy atom. The fourth-order valence-electron chi connectivity index (χ4n) is 1.83. The molecular weight excluding hydrogens is 230 g/mol. The molecule has 96 valence electrons. The zero-order valence-corrected chi connectivity index (χ0v) is 10.6. The fourth-order valence-corrected chi connectivity index (χ4v) is 1.83. The zero-order chi connectivity index (χ0) is 13.1. The van der Waals surface area contributed by atoms with Crippen molar-refractivity contribution in [2.45, 2.75) is 26.3 Å². The summed E-state index contributed by atoms with van der Waals surface area (Å²) in [5.41, 5.74) is 5.40. The topological polar surface area (TPSA) is 78.7 Å². The van der Waals surface area contributed by atoms with Crippen LogP contribution in [-0.2, 0) is 6.42 Å². The molecule has 0 aliphatic rings. The minimum atomic E-state index is -0.122. The first-order valence-corrected chi connectivity index (χ1v) is 5.95. The summed E-state index contributed by atoms with van der Waals surface area (Å²) in [6.07, 6.45) is 7.32. The first-order valence-electron chi connectivity index (χ1n) is 5.95. The minimum Gasteiger partial charge on any atom is -0.330 e. The van der Waals surface area contributed by atoms with Gasteiger partial charge in [0, 0.05) is 37.3 Å². The van der Waals surface area contributed by atoms with Crippen LogP contribution >= 0.6 is 0 Å². The Balaban J connectivity index is 2.54. The number of nitrogens with zero attached hydrogens (tertiary/aromatic N) is 4. The van der Waals surface area contributed by atoms with E-state index in [2.05, 4.69) is 9.97 Å². The number of nitrogens with two attached hydrogens (primary N) is 1. The van der Waals surface area contributed by atoms with Crippen molar-refractivity contribution >= 4 is 0 Å². The van der Waals surface area contributed by atoms with Crippen LogP contribution < -0.4 is 11.3 Å². The van der Waals surface area contributed by atoms with Crippen molar-refractivity contribution in [3.05, 3.63) is 41.0 Å². The van der Waals surface area contributed by atoms with Crippen molar-refractivity contribution in [1.29, 1.82) is 0 Å². The van der Waals surface area contributed by atoms with E-state index in [0.717, 1.165) is 5.82 Å². The average Bonchev–Trinajstić information content (AvgIpc) is 2.77. The van der Waals surface area contributed by atoms with E-state index in [9.17, 15) is 4.79 Å². The van der Waals surface area contributed by atoms with Crippen molar-refractivity contribution in [3.63, 3.8) is 0 Å². The van der Waals surface area contributed by atoms with Gasteiger partial charge in [0.2, 0.25) is 5.82 Å². The first kappa shape index (κ1) is 12.5. The van der Waals surface area contributed by atoms with E-state index in [1.165, 1.54) is 0 Å². The van der Waals surface area contributed by atoms with E-state index in [4.69, 9.17) is 5.73 Å². The Morgan fingerprint density at radius 1 is 1.28 bits per heavy atom. The molecule has 0 spiro atoms. The molecular formula is C12H17N5O. The van der Waals surface area contributed by atoms with Gasteiger partial charge in [-0.3, -0.25) is 9.36 Å². The lowest BCUT2D eigenvalue weighted by molar-refractivity contribution is 0.569. The Bertz CT molecular complexity index is 584. The lowest BCUT2D eigenvalue weighted by Gasteiger charge is -2.12. The highest BCUT2D eigenvalue weighted by atomic mass is 16.1.